The summed E-state index contributed by atoms with van der Waals surface area (Å²) < 4.78 is 0.925. The van der Waals surface area contributed by atoms with Crippen molar-refractivity contribution in [3.63, 3.8) is 0 Å². The van der Waals surface area contributed by atoms with Crippen LogP contribution in [0.2, 0.25) is 0 Å². The highest BCUT2D eigenvalue weighted by atomic mass is 79.9. The van der Waals surface area contributed by atoms with Crippen molar-refractivity contribution < 1.29 is 4.79 Å². The van der Waals surface area contributed by atoms with Gasteiger partial charge in [0.25, 0.3) is 5.56 Å². The van der Waals surface area contributed by atoms with Gasteiger partial charge in [-0.05, 0) is 35.6 Å². The van der Waals surface area contributed by atoms with E-state index in [9.17, 15) is 9.59 Å². The first kappa shape index (κ1) is 16.8. The summed E-state index contributed by atoms with van der Waals surface area (Å²) in [4.78, 5) is 26.9. The molecule has 2 aromatic heterocycles. The zero-order valence-corrected chi connectivity index (χ0v) is 16.6. The number of rotatable bonds is 2. The standard InChI is InChI=1S/C20H16BrN3O2S/c21-12-4-1-3-10(7-12)16-17-13(22-19-18(16)20(26)24-23-19)8-11(9-14(17)25)15-5-2-6-27-15/h1-7,11,16H,8-9H2,(H3,22,23,24,26)/t11-,16-/m0/s1. The van der Waals surface area contributed by atoms with Crippen LogP contribution in [0.3, 0.4) is 0 Å². The number of anilines is 1. The van der Waals surface area contributed by atoms with Crippen molar-refractivity contribution in [2.75, 3.05) is 5.32 Å². The van der Waals surface area contributed by atoms with E-state index in [0.717, 1.165) is 27.7 Å². The summed E-state index contributed by atoms with van der Waals surface area (Å²) in [6, 6.07) is 11.9. The van der Waals surface area contributed by atoms with Crippen LogP contribution in [0.1, 0.15) is 40.7 Å². The fraction of sp³-hybridized carbons (Fsp3) is 0.200. The molecule has 0 amide bonds. The maximum absolute atomic E-state index is 13.2. The molecule has 7 heteroatoms. The van der Waals surface area contributed by atoms with Gasteiger partial charge >= 0.3 is 0 Å². The molecule has 3 N–H and O–H groups in total. The minimum absolute atomic E-state index is 0.110. The Morgan fingerprint density at radius 2 is 1.96 bits per heavy atom. The van der Waals surface area contributed by atoms with Crippen LogP contribution >= 0.6 is 27.3 Å². The number of halogens is 1. The summed E-state index contributed by atoms with van der Waals surface area (Å²) in [6.07, 6.45) is 1.24. The second-order valence-electron chi connectivity index (χ2n) is 6.92. The highest BCUT2D eigenvalue weighted by Crippen LogP contribution is 2.47. The van der Waals surface area contributed by atoms with Gasteiger partial charge in [0.15, 0.2) is 5.78 Å². The number of nitrogens with one attached hydrogen (secondary N) is 3. The number of aromatic nitrogens is 2. The third kappa shape index (κ3) is 2.73. The predicted octanol–water partition coefficient (Wildman–Crippen LogP) is 4.49. The van der Waals surface area contributed by atoms with E-state index in [0.29, 0.717) is 17.8 Å². The van der Waals surface area contributed by atoms with E-state index in [4.69, 9.17) is 0 Å². The number of aromatic amines is 2. The molecule has 5 nitrogen and oxygen atoms in total. The minimum atomic E-state index is -0.361. The number of benzene rings is 1. The lowest BCUT2D eigenvalue weighted by Crippen LogP contribution is -2.31. The van der Waals surface area contributed by atoms with E-state index in [2.05, 4.69) is 37.5 Å². The lowest BCUT2D eigenvalue weighted by molar-refractivity contribution is -0.116. The molecule has 3 aromatic rings. The van der Waals surface area contributed by atoms with E-state index in [1.54, 1.807) is 11.3 Å². The fourth-order valence-corrected chi connectivity index (χ4v) is 5.41. The van der Waals surface area contributed by atoms with Crippen molar-refractivity contribution in [3.8, 4) is 0 Å². The highest BCUT2D eigenvalue weighted by Gasteiger charge is 2.40. The summed E-state index contributed by atoms with van der Waals surface area (Å²) >= 11 is 5.19. The SMILES string of the molecule is O=C1C[C@@H](c2cccs2)CC2=C1[C@H](c1cccc(Br)c1)c1c([nH][nH]c1=O)N2. The molecule has 3 heterocycles. The summed E-state index contributed by atoms with van der Waals surface area (Å²) in [6.45, 7) is 0. The number of hydrogen-bond acceptors (Lipinski definition) is 4. The van der Waals surface area contributed by atoms with Crippen LogP contribution in [-0.2, 0) is 4.79 Å². The van der Waals surface area contributed by atoms with Crippen LogP contribution in [0.4, 0.5) is 5.82 Å². The quantitative estimate of drug-likeness (QED) is 0.548. The van der Waals surface area contributed by atoms with Crippen LogP contribution in [0.25, 0.3) is 0 Å². The Hall–Kier alpha value is -2.38. The number of ketones is 1. The monoisotopic (exact) mass is 441 g/mol. The first-order valence-electron chi connectivity index (χ1n) is 8.74. The smallest absolute Gasteiger partial charge is 0.270 e. The Balaban J connectivity index is 1.67. The van der Waals surface area contributed by atoms with E-state index in [-0.39, 0.29) is 23.2 Å². The number of carbonyl (C=O) groups is 1. The maximum Gasteiger partial charge on any atom is 0.270 e. The van der Waals surface area contributed by atoms with Gasteiger partial charge in [-0.1, -0.05) is 34.1 Å². The number of thiophene rings is 1. The molecule has 0 fully saturated rings. The number of Topliss-reactive ketones (excluding diaryl/α,β-unsaturated/α-hetero) is 1. The van der Waals surface area contributed by atoms with Crippen LogP contribution in [-0.4, -0.2) is 16.0 Å². The van der Waals surface area contributed by atoms with E-state index < -0.39 is 0 Å². The molecule has 0 saturated carbocycles. The molecule has 1 aromatic carbocycles. The summed E-state index contributed by atoms with van der Waals surface area (Å²) in [5, 5.41) is 11.0. The van der Waals surface area contributed by atoms with Crippen molar-refractivity contribution in [2.24, 2.45) is 0 Å². The van der Waals surface area contributed by atoms with Gasteiger partial charge in [-0.2, -0.15) is 0 Å². The second-order valence-corrected chi connectivity index (χ2v) is 8.81. The summed E-state index contributed by atoms with van der Waals surface area (Å²) in [5.41, 5.74) is 2.96. The normalized spacial score (nSPS) is 21.6. The number of H-pyrrole nitrogens is 2. The van der Waals surface area contributed by atoms with Crippen molar-refractivity contribution in [3.05, 3.63) is 83.9 Å². The summed E-state index contributed by atoms with van der Waals surface area (Å²) in [7, 11) is 0. The average Bonchev–Trinajstić information content (AvgIpc) is 3.30. The van der Waals surface area contributed by atoms with Gasteiger partial charge in [0.05, 0.1) is 5.56 Å². The molecule has 2 aliphatic rings. The first-order chi connectivity index (χ1) is 13.1. The predicted molar refractivity (Wildman–Crippen MR) is 109 cm³/mol. The molecule has 2 atom stereocenters. The van der Waals surface area contributed by atoms with Gasteiger partial charge in [-0.25, -0.2) is 0 Å². The number of fused-ring (bicyclic) bond motifs is 1. The maximum atomic E-state index is 13.2. The lowest BCUT2D eigenvalue weighted by atomic mass is 9.74. The summed E-state index contributed by atoms with van der Waals surface area (Å²) in [5.74, 6) is 0.585. The van der Waals surface area contributed by atoms with E-state index in [1.165, 1.54) is 4.88 Å². The second kappa shape index (κ2) is 6.35. The topological polar surface area (TPSA) is 77.8 Å². The van der Waals surface area contributed by atoms with Gasteiger partial charge in [0.2, 0.25) is 0 Å². The van der Waals surface area contributed by atoms with Crippen molar-refractivity contribution in [1.29, 1.82) is 0 Å². The molecule has 0 spiro atoms. The Morgan fingerprint density at radius 3 is 2.74 bits per heavy atom. The van der Waals surface area contributed by atoms with Crippen LogP contribution in [0.5, 0.6) is 0 Å². The molecule has 27 heavy (non-hydrogen) atoms. The molecule has 1 aliphatic heterocycles. The Morgan fingerprint density at radius 1 is 1.07 bits per heavy atom. The van der Waals surface area contributed by atoms with Crippen molar-refractivity contribution in [2.45, 2.75) is 24.7 Å². The van der Waals surface area contributed by atoms with Gasteiger partial charge in [0, 0.05) is 38.9 Å². The largest absolute Gasteiger partial charge is 0.343 e. The zero-order chi connectivity index (χ0) is 18.5. The van der Waals surface area contributed by atoms with Crippen LogP contribution < -0.4 is 10.9 Å². The highest BCUT2D eigenvalue weighted by molar-refractivity contribution is 9.10. The van der Waals surface area contributed by atoms with Gasteiger partial charge in [0.1, 0.15) is 5.82 Å². The van der Waals surface area contributed by atoms with E-state index >= 15 is 0 Å². The van der Waals surface area contributed by atoms with E-state index in [1.807, 2.05) is 35.7 Å². The third-order valence-electron chi connectivity index (χ3n) is 5.30. The fourth-order valence-electron chi connectivity index (χ4n) is 4.17. The van der Waals surface area contributed by atoms with Gasteiger partial charge in [-0.15, -0.1) is 11.3 Å². The zero-order valence-electron chi connectivity index (χ0n) is 14.2. The first-order valence-corrected chi connectivity index (χ1v) is 10.4. The molecule has 136 valence electrons. The molecule has 0 bridgehead atoms. The molecular formula is C20H16BrN3O2S. The van der Waals surface area contributed by atoms with Crippen molar-refractivity contribution >= 4 is 38.9 Å². The Labute approximate surface area is 167 Å². The van der Waals surface area contributed by atoms with Crippen LogP contribution in [0, 0.1) is 0 Å². The number of allylic oxidation sites excluding steroid dienone is 2. The minimum Gasteiger partial charge on any atom is -0.343 e. The average molecular weight is 442 g/mol. The molecule has 0 radical (unpaired) electrons. The number of hydrogen-bond donors (Lipinski definition) is 3. The van der Waals surface area contributed by atoms with Crippen molar-refractivity contribution in [1.82, 2.24) is 10.2 Å². The number of carbonyl (C=O) groups excluding carboxylic acids is 1. The Bertz CT molecular complexity index is 1130. The molecule has 1 aliphatic carbocycles. The lowest BCUT2D eigenvalue weighted by Gasteiger charge is -2.34. The van der Waals surface area contributed by atoms with Gasteiger partial charge in [-0.3, -0.25) is 19.8 Å². The molecule has 0 unspecified atom stereocenters. The third-order valence-corrected chi connectivity index (χ3v) is 6.83. The molecule has 0 saturated heterocycles. The molecule has 5 rings (SSSR count). The Kier molecular flexibility index (Phi) is 3.94. The van der Waals surface area contributed by atoms with Crippen LogP contribution in [0.15, 0.2) is 62.3 Å². The van der Waals surface area contributed by atoms with Gasteiger partial charge < -0.3 is 5.32 Å². The molecular weight excluding hydrogens is 426 g/mol.